The summed E-state index contributed by atoms with van der Waals surface area (Å²) in [5.74, 6) is -2.06. The molecule has 1 aliphatic heterocycles. The van der Waals surface area contributed by atoms with Gasteiger partial charge in [-0.25, -0.2) is 9.59 Å². The topological polar surface area (TPSA) is 125 Å². The van der Waals surface area contributed by atoms with Gasteiger partial charge in [0.15, 0.2) is 0 Å². The van der Waals surface area contributed by atoms with Gasteiger partial charge in [0.2, 0.25) is 5.91 Å². The van der Waals surface area contributed by atoms with Crippen LogP contribution < -0.4 is 16.4 Å². The van der Waals surface area contributed by atoms with E-state index < -0.39 is 30.4 Å². The molecule has 2 atom stereocenters. The Balaban J connectivity index is 2.37. The molecular weight excluding hydrogens is 264 g/mol. The molecule has 1 saturated heterocycles. The Hall–Kier alpha value is -1.83. The van der Waals surface area contributed by atoms with Gasteiger partial charge in [-0.15, -0.1) is 0 Å². The second-order valence-electron chi connectivity index (χ2n) is 5.05. The molecule has 0 radical (unpaired) electrons. The standard InChI is InChI=1S/C12H22N4O4/c1-16-5-3-2-4-8(16)7-14-12(20)15-9(11(18)19)6-10(13)17/h8-9H,2-7H2,1H3,(H2,13,17)(H,18,19)(H2,14,15,20)/t8?,9-/m1/s1. The van der Waals surface area contributed by atoms with E-state index in [4.69, 9.17) is 10.8 Å². The van der Waals surface area contributed by atoms with Gasteiger partial charge < -0.3 is 26.4 Å². The van der Waals surface area contributed by atoms with Crippen LogP contribution in [0.5, 0.6) is 0 Å². The molecule has 114 valence electrons. The van der Waals surface area contributed by atoms with E-state index in [1.165, 1.54) is 0 Å². The maximum atomic E-state index is 11.6. The van der Waals surface area contributed by atoms with Gasteiger partial charge >= 0.3 is 12.0 Å². The second-order valence-corrected chi connectivity index (χ2v) is 5.05. The van der Waals surface area contributed by atoms with E-state index in [2.05, 4.69) is 15.5 Å². The number of piperidine rings is 1. The van der Waals surface area contributed by atoms with Crippen LogP contribution in [-0.4, -0.2) is 60.1 Å². The van der Waals surface area contributed by atoms with Gasteiger partial charge in [-0.3, -0.25) is 4.79 Å². The highest BCUT2D eigenvalue weighted by Crippen LogP contribution is 2.13. The number of carboxylic acid groups (broad SMARTS) is 1. The number of aliphatic carboxylic acids is 1. The van der Waals surface area contributed by atoms with Crippen LogP contribution in [0.15, 0.2) is 0 Å². The molecule has 0 bridgehead atoms. The Labute approximate surface area is 117 Å². The normalized spacial score (nSPS) is 20.9. The van der Waals surface area contributed by atoms with E-state index in [9.17, 15) is 14.4 Å². The van der Waals surface area contributed by atoms with Crippen molar-refractivity contribution < 1.29 is 19.5 Å². The van der Waals surface area contributed by atoms with Gasteiger partial charge in [-0.1, -0.05) is 6.42 Å². The van der Waals surface area contributed by atoms with Crippen molar-refractivity contribution in [3.63, 3.8) is 0 Å². The van der Waals surface area contributed by atoms with Crippen LogP contribution in [0.25, 0.3) is 0 Å². The fourth-order valence-electron chi connectivity index (χ4n) is 2.22. The minimum absolute atomic E-state index is 0.258. The average molecular weight is 286 g/mol. The van der Waals surface area contributed by atoms with Crippen molar-refractivity contribution in [2.24, 2.45) is 5.73 Å². The zero-order valence-electron chi connectivity index (χ0n) is 11.6. The molecule has 1 rings (SSSR count). The Morgan fingerprint density at radius 3 is 2.65 bits per heavy atom. The molecular formula is C12H22N4O4. The van der Waals surface area contributed by atoms with Crippen molar-refractivity contribution in [1.82, 2.24) is 15.5 Å². The zero-order valence-corrected chi connectivity index (χ0v) is 11.6. The molecule has 0 aromatic heterocycles. The number of carbonyl (C=O) groups excluding carboxylic acids is 2. The SMILES string of the molecule is CN1CCCCC1CNC(=O)N[C@H](CC(N)=O)C(=O)O. The van der Waals surface area contributed by atoms with Crippen molar-refractivity contribution in [3.05, 3.63) is 0 Å². The summed E-state index contributed by atoms with van der Waals surface area (Å²) in [6, 6.07) is -1.64. The van der Waals surface area contributed by atoms with Crippen LogP contribution in [0.3, 0.4) is 0 Å². The van der Waals surface area contributed by atoms with E-state index in [1.54, 1.807) is 0 Å². The third-order valence-electron chi connectivity index (χ3n) is 3.43. The second kappa shape index (κ2) is 7.68. The summed E-state index contributed by atoms with van der Waals surface area (Å²) < 4.78 is 0. The quantitative estimate of drug-likeness (QED) is 0.503. The highest BCUT2D eigenvalue weighted by molar-refractivity contribution is 5.87. The van der Waals surface area contributed by atoms with Gasteiger partial charge in [0.25, 0.3) is 0 Å². The fourth-order valence-corrected chi connectivity index (χ4v) is 2.22. The third kappa shape index (κ3) is 5.43. The molecule has 0 aromatic carbocycles. The van der Waals surface area contributed by atoms with E-state index in [0.717, 1.165) is 25.8 Å². The van der Waals surface area contributed by atoms with Gasteiger partial charge in [-0.05, 0) is 26.4 Å². The summed E-state index contributed by atoms with van der Waals surface area (Å²) in [4.78, 5) is 35.4. The molecule has 1 fully saturated rings. The molecule has 1 unspecified atom stereocenters. The maximum Gasteiger partial charge on any atom is 0.326 e. The average Bonchev–Trinajstić information content (AvgIpc) is 2.36. The summed E-state index contributed by atoms with van der Waals surface area (Å²) in [6.45, 7) is 1.44. The van der Waals surface area contributed by atoms with Gasteiger partial charge in [-0.2, -0.15) is 0 Å². The van der Waals surface area contributed by atoms with Gasteiger partial charge in [0.1, 0.15) is 6.04 Å². The molecule has 20 heavy (non-hydrogen) atoms. The van der Waals surface area contributed by atoms with Crippen LogP contribution in [0.4, 0.5) is 4.79 Å². The van der Waals surface area contributed by atoms with Crippen molar-refractivity contribution in [3.8, 4) is 0 Å². The molecule has 0 aliphatic carbocycles. The number of likely N-dealkylation sites (tertiary alicyclic amines) is 1. The van der Waals surface area contributed by atoms with Gasteiger partial charge in [0.05, 0.1) is 6.42 Å². The number of nitrogens with one attached hydrogen (secondary N) is 2. The van der Waals surface area contributed by atoms with E-state index in [-0.39, 0.29) is 6.04 Å². The Kier molecular flexibility index (Phi) is 6.23. The minimum Gasteiger partial charge on any atom is -0.480 e. The Morgan fingerprint density at radius 2 is 2.10 bits per heavy atom. The highest BCUT2D eigenvalue weighted by atomic mass is 16.4. The van der Waals surface area contributed by atoms with Crippen molar-refractivity contribution in [2.45, 2.75) is 37.8 Å². The molecule has 1 heterocycles. The molecule has 0 saturated carbocycles. The summed E-state index contributed by atoms with van der Waals surface area (Å²) in [7, 11) is 2.00. The summed E-state index contributed by atoms with van der Waals surface area (Å²) in [5, 5.41) is 13.7. The summed E-state index contributed by atoms with van der Waals surface area (Å²) in [5.41, 5.74) is 4.94. The lowest BCUT2D eigenvalue weighted by Gasteiger charge is -2.32. The number of hydrogen-bond donors (Lipinski definition) is 4. The predicted octanol–water partition coefficient (Wildman–Crippen LogP) is -0.901. The number of amides is 3. The third-order valence-corrected chi connectivity index (χ3v) is 3.43. The highest BCUT2D eigenvalue weighted by Gasteiger charge is 2.23. The van der Waals surface area contributed by atoms with Crippen molar-refractivity contribution in [2.75, 3.05) is 20.1 Å². The van der Waals surface area contributed by atoms with Crippen LogP contribution in [0.1, 0.15) is 25.7 Å². The molecule has 0 spiro atoms. The number of carboxylic acids is 1. The minimum atomic E-state index is -1.29. The lowest BCUT2D eigenvalue weighted by atomic mass is 10.0. The van der Waals surface area contributed by atoms with Crippen molar-refractivity contribution in [1.29, 1.82) is 0 Å². The molecule has 0 aromatic rings. The predicted molar refractivity (Wildman–Crippen MR) is 72.0 cm³/mol. The number of carbonyl (C=O) groups is 3. The number of primary amides is 1. The first-order valence-electron chi connectivity index (χ1n) is 6.66. The maximum absolute atomic E-state index is 11.6. The van der Waals surface area contributed by atoms with Crippen LogP contribution in [-0.2, 0) is 9.59 Å². The number of nitrogens with two attached hydrogens (primary N) is 1. The lowest BCUT2D eigenvalue weighted by molar-refractivity contribution is -0.140. The smallest absolute Gasteiger partial charge is 0.326 e. The zero-order chi connectivity index (χ0) is 15.1. The molecule has 3 amide bonds. The first-order chi connectivity index (χ1) is 9.40. The number of rotatable bonds is 6. The van der Waals surface area contributed by atoms with E-state index in [1.807, 2.05) is 7.05 Å². The van der Waals surface area contributed by atoms with Crippen LogP contribution in [0.2, 0.25) is 0 Å². The summed E-state index contributed by atoms with van der Waals surface area (Å²) in [6.07, 6.45) is 2.85. The van der Waals surface area contributed by atoms with E-state index in [0.29, 0.717) is 6.54 Å². The van der Waals surface area contributed by atoms with Gasteiger partial charge in [0, 0.05) is 12.6 Å². The number of nitrogens with zero attached hydrogens (tertiary/aromatic N) is 1. The monoisotopic (exact) mass is 286 g/mol. The van der Waals surface area contributed by atoms with E-state index >= 15 is 0 Å². The van der Waals surface area contributed by atoms with Crippen molar-refractivity contribution >= 4 is 17.9 Å². The number of likely N-dealkylation sites (N-methyl/N-ethyl adjacent to an activating group) is 1. The number of urea groups is 1. The molecule has 1 aliphatic rings. The lowest BCUT2D eigenvalue weighted by Crippen LogP contribution is -2.51. The number of hydrogen-bond acceptors (Lipinski definition) is 4. The Morgan fingerprint density at radius 1 is 1.40 bits per heavy atom. The van der Waals surface area contributed by atoms with Crippen LogP contribution >= 0.6 is 0 Å². The first kappa shape index (κ1) is 16.2. The molecule has 8 heteroatoms. The largest absolute Gasteiger partial charge is 0.480 e. The Bertz CT molecular complexity index is 374. The fraction of sp³-hybridized carbons (Fsp3) is 0.750. The van der Waals surface area contributed by atoms with Crippen LogP contribution in [0, 0.1) is 0 Å². The molecule has 5 N–H and O–H groups in total. The molecule has 8 nitrogen and oxygen atoms in total. The first-order valence-corrected chi connectivity index (χ1v) is 6.66. The summed E-state index contributed by atoms with van der Waals surface area (Å²) >= 11 is 0.